The summed E-state index contributed by atoms with van der Waals surface area (Å²) in [5.41, 5.74) is -0.727. The SMILES string of the molecule is O=C(NCc1ccc(F)cc1)c1nc(C2CSCCN2C(=O)Cl)[nH]c(=O)c1O. The van der Waals surface area contributed by atoms with Gasteiger partial charge >= 0.3 is 5.37 Å². The van der Waals surface area contributed by atoms with Crippen molar-refractivity contribution >= 4 is 34.6 Å². The van der Waals surface area contributed by atoms with Crippen LogP contribution in [0.3, 0.4) is 0 Å². The average molecular weight is 427 g/mol. The first-order valence-electron chi connectivity index (χ1n) is 8.26. The number of benzene rings is 1. The number of aromatic nitrogens is 2. The lowest BCUT2D eigenvalue weighted by molar-refractivity contribution is 0.0941. The summed E-state index contributed by atoms with van der Waals surface area (Å²) in [5, 5.41) is 11.8. The molecule has 8 nitrogen and oxygen atoms in total. The molecular formula is C17H16ClFN4O4S. The molecule has 0 bridgehead atoms. The Bertz CT molecular complexity index is 953. The van der Waals surface area contributed by atoms with Gasteiger partial charge in [-0.1, -0.05) is 12.1 Å². The highest BCUT2D eigenvalue weighted by Gasteiger charge is 2.31. The van der Waals surface area contributed by atoms with Crippen LogP contribution < -0.4 is 10.9 Å². The fraction of sp³-hybridized carbons (Fsp3) is 0.294. The quantitative estimate of drug-likeness (QED) is 0.508. The van der Waals surface area contributed by atoms with Crippen molar-refractivity contribution in [3.05, 3.63) is 57.5 Å². The van der Waals surface area contributed by atoms with Crippen LogP contribution in [0.2, 0.25) is 0 Å². The molecule has 1 atom stereocenters. The minimum atomic E-state index is -0.894. The number of aromatic amines is 1. The summed E-state index contributed by atoms with van der Waals surface area (Å²) in [4.78, 5) is 44.0. The monoisotopic (exact) mass is 426 g/mol. The van der Waals surface area contributed by atoms with Gasteiger partial charge in [-0.3, -0.25) is 14.4 Å². The van der Waals surface area contributed by atoms with Crippen molar-refractivity contribution < 1.29 is 19.1 Å². The van der Waals surface area contributed by atoms with Crippen LogP contribution in [0.4, 0.5) is 9.18 Å². The lowest BCUT2D eigenvalue weighted by Crippen LogP contribution is -2.40. The Morgan fingerprint density at radius 2 is 2.11 bits per heavy atom. The molecule has 1 aliphatic rings. The van der Waals surface area contributed by atoms with E-state index in [1.807, 2.05) is 0 Å². The summed E-state index contributed by atoms with van der Waals surface area (Å²) in [6.45, 7) is 0.419. The van der Waals surface area contributed by atoms with Gasteiger partial charge in [-0.05, 0) is 29.3 Å². The molecule has 148 valence electrons. The van der Waals surface area contributed by atoms with E-state index in [0.717, 1.165) is 0 Å². The van der Waals surface area contributed by atoms with Gasteiger partial charge in [0.15, 0.2) is 5.69 Å². The first-order chi connectivity index (χ1) is 13.4. The summed E-state index contributed by atoms with van der Waals surface area (Å²) in [5.74, 6) is -0.826. The number of hydrogen-bond donors (Lipinski definition) is 3. The standard InChI is InChI=1S/C17H16ClFN4O4S/c18-17(27)23-5-6-28-8-11(23)14-21-12(13(24)16(26)22-14)15(25)20-7-9-1-3-10(19)4-2-9/h1-4,11,24H,5-8H2,(H,20,25)(H,21,22,26). The van der Waals surface area contributed by atoms with Crippen LogP contribution in [-0.4, -0.2) is 49.3 Å². The maximum atomic E-state index is 12.9. The van der Waals surface area contributed by atoms with E-state index in [9.17, 15) is 23.9 Å². The molecular weight excluding hydrogens is 411 g/mol. The summed E-state index contributed by atoms with van der Waals surface area (Å²) in [6, 6.07) is 4.87. The van der Waals surface area contributed by atoms with Crippen LogP contribution in [0.5, 0.6) is 5.75 Å². The van der Waals surface area contributed by atoms with Gasteiger partial charge in [-0.2, -0.15) is 11.8 Å². The van der Waals surface area contributed by atoms with Crippen LogP contribution in [0, 0.1) is 5.82 Å². The van der Waals surface area contributed by atoms with Gasteiger partial charge < -0.3 is 20.3 Å². The van der Waals surface area contributed by atoms with Crippen LogP contribution >= 0.6 is 23.4 Å². The van der Waals surface area contributed by atoms with Crippen molar-refractivity contribution in [3.8, 4) is 5.75 Å². The minimum absolute atomic E-state index is 0.0495. The van der Waals surface area contributed by atoms with Crippen LogP contribution in [0.15, 0.2) is 29.1 Å². The third-order valence-electron chi connectivity index (χ3n) is 4.16. The molecule has 2 heterocycles. The van der Waals surface area contributed by atoms with Crippen molar-refractivity contribution in [2.45, 2.75) is 12.6 Å². The average Bonchev–Trinajstić information content (AvgIpc) is 2.69. The smallest absolute Gasteiger partial charge is 0.317 e. The minimum Gasteiger partial charge on any atom is -0.501 e. The van der Waals surface area contributed by atoms with E-state index in [1.165, 1.54) is 29.2 Å². The number of nitrogens with zero attached hydrogens (tertiary/aromatic N) is 2. The van der Waals surface area contributed by atoms with Gasteiger partial charge in [-0.15, -0.1) is 0 Å². The van der Waals surface area contributed by atoms with Crippen LogP contribution in [0.1, 0.15) is 27.9 Å². The van der Waals surface area contributed by atoms with Gasteiger partial charge in [0.2, 0.25) is 5.75 Å². The number of carbonyl (C=O) groups excluding carboxylic acids is 2. The van der Waals surface area contributed by atoms with Gasteiger partial charge in [0, 0.05) is 24.6 Å². The van der Waals surface area contributed by atoms with E-state index >= 15 is 0 Å². The number of nitrogens with one attached hydrogen (secondary N) is 2. The second-order valence-corrected chi connectivity index (χ2v) is 7.47. The zero-order chi connectivity index (χ0) is 20.3. The largest absolute Gasteiger partial charge is 0.501 e. The normalized spacial score (nSPS) is 16.6. The predicted molar refractivity (Wildman–Crippen MR) is 102 cm³/mol. The molecule has 1 aromatic heterocycles. The first-order valence-corrected chi connectivity index (χ1v) is 9.79. The Morgan fingerprint density at radius 1 is 1.39 bits per heavy atom. The molecule has 2 aromatic rings. The Morgan fingerprint density at radius 3 is 2.79 bits per heavy atom. The highest BCUT2D eigenvalue weighted by Crippen LogP contribution is 2.28. The molecule has 28 heavy (non-hydrogen) atoms. The van der Waals surface area contributed by atoms with E-state index in [1.54, 1.807) is 11.8 Å². The van der Waals surface area contributed by atoms with Gasteiger partial charge in [0.25, 0.3) is 11.5 Å². The maximum absolute atomic E-state index is 12.9. The third kappa shape index (κ3) is 4.45. The fourth-order valence-electron chi connectivity index (χ4n) is 2.71. The lowest BCUT2D eigenvalue weighted by atomic mass is 10.2. The Hall–Kier alpha value is -2.59. The number of rotatable bonds is 4. The number of hydrogen-bond acceptors (Lipinski definition) is 6. The highest BCUT2D eigenvalue weighted by atomic mass is 35.5. The molecule has 1 fully saturated rings. The molecule has 3 rings (SSSR count). The molecule has 2 amide bonds. The van der Waals surface area contributed by atoms with Crippen molar-refractivity contribution in [3.63, 3.8) is 0 Å². The Labute approximate surface area is 168 Å². The van der Waals surface area contributed by atoms with Crippen molar-refractivity contribution in [2.24, 2.45) is 0 Å². The zero-order valence-electron chi connectivity index (χ0n) is 14.4. The van der Waals surface area contributed by atoms with E-state index in [0.29, 0.717) is 23.6 Å². The lowest BCUT2D eigenvalue weighted by Gasteiger charge is -2.32. The van der Waals surface area contributed by atoms with Gasteiger partial charge in [-0.25, -0.2) is 9.37 Å². The fourth-order valence-corrected chi connectivity index (χ4v) is 3.97. The van der Waals surface area contributed by atoms with E-state index in [-0.39, 0.29) is 12.4 Å². The number of thioether (sulfide) groups is 1. The summed E-state index contributed by atoms with van der Waals surface area (Å²) < 4.78 is 12.9. The summed E-state index contributed by atoms with van der Waals surface area (Å²) in [6.07, 6.45) is 0. The molecule has 0 radical (unpaired) electrons. The number of H-pyrrole nitrogens is 1. The molecule has 1 aromatic carbocycles. The molecule has 1 unspecified atom stereocenters. The van der Waals surface area contributed by atoms with Gasteiger partial charge in [0.05, 0.1) is 0 Å². The highest BCUT2D eigenvalue weighted by molar-refractivity contribution is 7.99. The predicted octanol–water partition coefficient (Wildman–Crippen LogP) is 1.99. The second-order valence-electron chi connectivity index (χ2n) is 5.99. The maximum Gasteiger partial charge on any atom is 0.317 e. The molecule has 0 spiro atoms. The van der Waals surface area contributed by atoms with Crippen molar-refractivity contribution in [1.82, 2.24) is 20.2 Å². The number of carbonyl (C=O) groups is 2. The Balaban J connectivity index is 1.84. The molecule has 11 heteroatoms. The molecule has 1 saturated heterocycles. The van der Waals surface area contributed by atoms with E-state index < -0.39 is 40.1 Å². The Kier molecular flexibility index (Phi) is 6.20. The number of amides is 2. The van der Waals surface area contributed by atoms with Gasteiger partial charge in [0.1, 0.15) is 17.7 Å². The van der Waals surface area contributed by atoms with Crippen molar-refractivity contribution in [1.29, 1.82) is 0 Å². The number of aromatic hydroxyl groups is 1. The first kappa shape index (κ1) is 20.2. The van der Waals surface area contributed by atoms with Crippen LogP contribution in [0.25, 0.3) is 0 Å². The van der Waals surface area contributed by atoms with Crippen LogP contribution in [-0.2, 0) is 6.54 Å². The number of halogens is 2. The molecule has 0 aliphatic carbocycles. The molecule has 3 N–H and O–H groups in total. The molecule has 1 aliphatic heterocycles. The third-order valence-corrected chi connectivity index (χ3v) is 5.40. The van der Waals surface area contributed by atoms with Crippen molar-refractivity contribution in [2.75, 3.05) is 18.1 Å². The van der Waals surface area contributed by atoms with E-state index in [4.69, 9.17) is 11.6 Å². The molecule has 0 saturated carbocycles. The summed E-state index contributed by atoms with van der Waals surface area (Å²) in [7, 11) is 0. The zero-order valence-corrected chi connectivity index (χ0v) is 16.0. The summed E-state index contributed by atoms with van der Waals surface area (Å²) >= 11 is 7.15. The topological polar surface area (TPSA) is 115 Å². The van der Waals surface area contributed by atoms with E-state index in [2.05, 4.69) is 15.3 Å². The second kappa shape index (κ2) is 8.61.